The number of hydrogen-bond acceptors (Lipinski definition) is 6. The maximum atomic E-state index is 13.0. The summed E-state index contributed by atoms with van der Waals surface area (Å²) in [7, 11) is 1.86. The van der Waals surface area contributed by atoms with Crippen molar-refractivity contribution in [3.05, 3.63) is 35.7 Å². The third-order valence-electron chi connectivity index (χ3n) is 4.63. The van der Waals surface area contributed by atoms with E-state index in [0.717, 1.165) is 22.3 Å². The third kappa shape index (κ3) is 2.35. The lowest BCUT2D eigenvalue weighted by Crippen LogP contribution is -2.35. The van der Waals surface area contributed by atoms with Gasteiger partial charge in [-0.15, -0.1) is 0 Å². The van der Waals surface area contributed by atoms with Crippen molar-refractivity contribution in [2.75, 3.05) is 17.3 Å². The number of H-pyrrole nitrogens is 1. The molecule has 128 valence electrons. The van der Waals surface area contributed by atoms with Crippen LogP contribution in [-0.4, -0.2) is 43.4 Å². The van der Waals surface area contributed by atoms with Crippen LogP contribution >= 0.6 is 0 Å². The summed E-state index contributed by atoms with van der Waals surface area (Å²) in [6, 6.07) is 5.44. The van der Waals surface area contributed by atoms with E-state index in [2.05, 4.69) is 31.0 Å². The zero-order valence-electron chi connectivity index (χ0n) is 14.2. The van der Waals surface area contributed by atoms with Crippen LogP contribution in [0.25, 0.3) is 10.9 Å². The quantitative estimate of drug-likeness (QED) is 0.755. The molecular formula is C16H18N8O. The highest BCUT2D eigenvalue weighted by Crippen LogP contribution is 2.34. The maximum Gasteiger partial charge on any atom is 0.255 e. The lowest BCUT2D eigenvalue weighted by atomic mass is 9.99. The first-order chi connectivity index (χ1) is 12.1. The normalized spacial score (nSPS) is 17.1. The number of benzene rings is 1. The Balaban J connectivity index is 1.69. The fourth-order valence-corrected chi connectivity index (χ4v) is 3.22. The fraction of sp³-hybridized carbons (Fsp3) is 0.312. The molecule has 0 fully saturated rings. The van der Waals surface area contributed by atoms with Gasteiger partial charge >= 0.3 is 0 Å². The van der Waals surface area contributed by atoms with Crippen LogP contribution in [0.1, 0.15) is 26.3 Å². The molecule has 4 rings (SSSR count). The van der Waals surface area contributed by atoms with Gasteiger partial charge in [-0.1, -0.05) is 12.0 Å². The van der Waals surface area contributed by atoms with E-state index in [9.17, 15) is 4.79 Å². The SMILES string of the molecule is CCC1C(C(=O)Nc2ccc3[nH]ncc3c2)=C(C)N(C)c2nnnn21. The molecular weight excluding hydrogens is 320 g/mol. The topological polar surface area (TPSA) is 105 Å². The van der Waals surface area contributed by atoms with E-state index >= 15 is 0 Å². The predicted octanol–water partition coefficient (Wildman–Crippen LogP) is 1.86. The Kier molecular flexibility index (Phi) is 3.48. The average molecular weight is 338 g/mol. The monoisotopic (exact) mass is 338 g/mol. The molecule has 3 aromatic rings. The zero-order valence-corrected chi connectivity index (χ0v) is 14.2. The van der Waals surface area contributed by atoms with Gasteiger partial charge in [-0.2, -0.15) is 5.10 Å². The number of nitrogens with zero attached hydrogens (tertiary/aromatic N) is 6. The average Bonchev–Trinajstić information content (AvgIpc) is 3.26. The first kappa shape index (κ1) is 15.3. The molecule has 1 aliphatic heterocycles. The number of carbonyl (C=O) groups is 1. The van der Waals surface area contributed by atoms with Crippen molar-refractivity contribution in [1.82, 2.24) is 30.4 Å². The summed E-state index contributed by atoms with van der Waals surface area (Å²) >= 11 is 0. The second-order valence-corrected chi connectivity index (χ2v) is 6.03. The van der Waals surface area contributed by atoms with Crippen LogP contribution in [0, 0.1) is 0 Å². The Morgan fingerprint density at radius 1 is 1.40 bits per heavy atom. The predicted molar refractivity (Wildman–Crippen MR) is 93.0 cm³/mol. The number of aromatic nitrogens is 6. The molecule has 1 aromatic carbocycles. The maximum absolute atomic E-state index is 13.0. The highest BCUT2D eigenvalue weighted by Gasteiger charge is 2.34. The van der Waals surface area contributed by atoms with Crippen molar-refractivity contribution in [3.63, 3.8) is 0 Å². The van der Waals surface area contributed by atoms with Crippen molar-refractivity contribution in [2.45, 2.75) is 26.3 Å². The second kappa shape index (κ2) is 5.69. The highest BCUT2D eigenvalue weighted by molar-refractivity contribution is 6.06. The van der Waals surface area contributed by atoms with E-state index in [1.165, 1.54) is 0 Å². The number of fused-ring (bicyclic) bond motifs is 2. The number of amides is 1. The summed E-state index contributed by atoms with van der Waals surface area (Å²) in [5, 5.41) is 22.7. The van der Waals surface area contributed by atoms with Crippen LogP contribution < -0.4 is 10.2 Å². The first-order valence-corrected chi connectivity index (χ1v) is 8.07. The third-order valence-corrected chi connectivity index (χ3v) is 4.63. The number of anilines is 2. The highest BCUT2D eigenvalue weighted by atomic mass is 16.1. The van der Waals surface area contributed by atoms with E-state index in [4.69, 9.17) is 0 Å². The molecule has 1 unspecified atom stereocenters. The van der Waals surface area contributed by atoms with Gasteiger partial charge in [0.2, 0.25) is 5.95 Å². The Morgan fingerprint density at radius 3 is 3.04 bits per heavy atom. The van der Waals surface area contributed by atoms with Crippen molar-refractivity contribution in [2.24, 2.45) is 0 Å². The van der Waals surface area contributed by atoms with Gasteiger partial charge in [-0.05, 0) is 42.0 Å². The van der Waals surface area contributed by atoms with Crippen molar-refractivity contribution >= 4 is 28.4 Å². The van der Waals surface area contributed by atoms with Gasteiger partial charge in [-0.25, -0.2) is 4.68 Å². The van der Waals surface area contributed by atoms with Crippen molar-refractivity contribution in [1.29, 1.82) is 0 Å². The van der Waals surface area contributed by atoms with Crippen LogP contribution in [0.3, 0.4) is 0 Å². The van der Waals surface area contributed by atoms with E-state index < -0.39 is 0 Å². The van der Waals surface area contributed by atoms with Gasteiger partial charge in [0.15, 0.2) is 0 Å². The molecule has 2 aromatic heterocycles. The molecule has 9 heteroatoms. The lowest BCUT2D eigenvalue weighted by Gasteiger charge is -2.32. The minimum atomic E-state index is -0.196. The second-order valence-electron chi connectivity index (χ2n) is 6.03. The summed E-state index contributed by atoms with van der Waals surface area (Å²) in [4.78, 5) is 14.8. The molecule has 1 amide bonds. The minimum absolute atomic E-state index is 0.153. The van der Waals surface area contributed by atoms with Gasteiger partial charge in [0.25, 0.3) is 5.91 Å². The molecule has 0 bridgehead atoms. The summed E-state index contributed by atoms with van der Waals surface area (Å²) in [5.74, 6) is 0.487. The molecule has 9 nitrogen and oxygen atoms in total. The number of hydrogen-bond donors (Lipinski definition) is 2. The zero-order chi connectivity index (χ0) is 17.6. The first-order valence-electron chi connectivity index (χ1n) is 8.07. The Labute approximate surface area is 143 Å². The Morgan fingerprint density at radius 2 is 2.24 bits per heavy atom. The number of allylic oxidation sites excluding steroid dienone is 1. The summed E-state index contributed by atoms with van der Waals surface area (Å²) in [6.45, 7) is 3.93. The molecule has 3 heterocycles. The van der Waals surface area contributed by atoms with Gasteiger partial charge in [0.05, 0.1) is 23.3 Å². The summed E-state index contributed by atoms with van der Waals surface area (Å²) in [5.41, 5.74) is 3.16. The van der Waals surface area contributed by atoms with Gasteiger partial charge in [-0.3, -0.25) is 9.89 Å². The van der Waals surface area contributed by atoms with Crippen LogP contribution in [0.5, 0.6) is 0 Å². The number of rotatable bonds is 3. The number of nitrogens with one attached hydrogen (secondary N) is 2. The van der Waals surface area contributed by atoms with Crippen LogP contribution in [0.15, 0.2) is 35.7 Å². The molecule has 25 heavy (non-hydrogen) atoms. The molecule has 0 saturated carbocycles. The van der Waals surface area contributed by atoms with Gasteiger partial charge in [0.1, 0.15) is 0 Å². The molecule has 2 N–H and O–H groups in total. The Hall–Kier alpha value is -3.23. The minimum Gasteiger partial charge on any atom is -0.322 e. The largest absolute Gasteiger partial charge is 0.322 e. The van der Waals surface area contributed by atoms with E-state index in [0.29, 0.717) is 17.9 Å². The Bertz CT molecular complexity index is 985. The molecule has 0 aliphatic carbocycles. The lowest BCUT2D eigenvalue weighted by molar-refractivity contribution is -0.113. The smallest absolute Gasteiger partial charge is 0.255 e. The van der Waals surface area contributed by atoms with Crippen molar-refractivity contribution in [3.8, 4) is 0 Å². The molecule has 0 spiro atoms. The molecule has 1 aliphatic rings. The van der Waals surface area contributed by atoms with Gasteiger partial charge in [0, 0.05) is 23.8 Å². The molecule has 1 atom stereocenters. The summed E-state index contributed by atoms with van der Waals surface area (Å²) < 4.78 is 1.70. The van der Waals surface area contributed by atoms with E-state index in [1.807, 2.05) is 44.0 Å². The number of carbonyl (C=O) groups excluding carboxylic acids is 1. The molecule has 0 radical (unpaired) electrons. The van der Waals surface area contributed by atoms with Crippen LogP contribution in [0.4, 0.5) is 11.6 Å². The standard InChI is InChI=1S/C16H18N8O/c1-4-13-14(9(2)23(3)16-20-21-22-24(13)16)15(25)18-11-5-6-12-10(7-11)8-17-19-12/h5-8,13H,4H2,1-3H3,(H,17,19)(H,18,25). The summed E-state index contributed by atoms with van der Waals surface area (Å²) in [6.07, 6.45) is 2.44. The fourth-order valence-electron chi connectivity index (χ4n) is 3.22. The van der Waals surface area contributed by atoms with Crippen LogP contribution in [0.2, 0.25) is 0 Å². The van der Waals surface area contributed by atoms with E-state index in [-0.39, 0.29) is 11.9 Å². The van der Waals surface area contributed by atoms with Crippen LogP contribution in [-0.2, 0) is 4.79 Å². The van der Waals surface area contributed by atoms with Crippen molar-refractivity contribution < 1.29 is 4.79 Å². The van der Waals surface area contributed by atoms with Gasteiger partial charge < -0.3 is 10.2 Å². The van der Waals surface area contributed by atoms with E-state index in [1.54, 1.807) is 10.9 Å². The number of tetrazole rings is 1. The molecule has 0 saturated heterocycles. The number of aromatic amines is 1.